The standard InChI is InChI=1S/C13H20FNO2/c1-4-15(10(2)9-17-3)8-11-6-5-7-12(14)13(11)16/h5-7,10,16H,4,8-9H2,1-3H3. The molecule has 3 nitrogen and oxygen atoms in total. The van der Waals surface area contributed by atoms with Crippen LogP contribution in [0.5, 0.6) is 5.75 Å². The maximum absolute atomic E-state index is 13.2. The van der Waals surface area contributed by atoms with E-state index >= 15 is 0 Å². The van der Waals surface area contributed by atoms with Crippen molar-refractivity contribution in [2.24, 2.45) is 0 Å². The number of phenolic OH excluding ortho intramolecular Hbond substituents is 1. The van der Waals surface area contributed by atoms with E-state index in [2.05, 4.69) is 4.90 Å². The van der Waals surface area contributed by atoms with Gasteiger partial charge in [-0.05, 0) is 19.5 Å². The summed E-state index contributed by atoms with van der Waals surface area (Å²) < 4.78 is 18.3. The number of halogens is 1. The maximum atomic E-state index is 13.2. The highest BCUT2D eigenvalue weighted by Gasteiger charge is 2.15. The fourth-order valence-corrected chi connectivity index (χ4v) is 1.83. The zero-order valence-electron chi connectivity index (χ0n) is 10.6. The molecule has 0 aliphatic heterocycles. The topological polar surface area (TPSA) is 32.7 Å². The molecule has 0 amide bonds. The van der Waals surface area contributed by atoms with Crippen LogP contribution in [0, 0.1) is 5.82 Å². The summed E-state index contributed by atoms with van der Waals surface area (Å²) in [5.74, 6) is -0.825. The molecule has 0 spiro atoms. The van der Waals surface area contributed by atoms with Crippen molar-refractivity contribution in [1.29, 1.82) is 0 Å². The van der Waals surface area contributed by atoms with Gasteiger partial charge in [-0.3, -0.25) is 4.90 Å². The molecule has 1 N–H and O–H groups in total. The molecule has 0 radical (unpaired) electrons. The Labute approximate surface area is 102 Å². The van der Waals surface area contributed by atoms with E-state index < -0.39 is 5.82 Å². The van der Waals surface area contributed by atoms with Crippen LogP contribution in [0.1, 0.15) is 19.4 Å². The Morgan fingerprint density at radius 2 is 2.18 bits per heavy atom. The number of likely N-dealkylation sites (N-methyl/N-ethyl adjacent to an activating group) is 1. The Hall–Kier alpha value is -1.13. The molecule has 1 aromatic rings. The predicted molar refractivity (Wildman–Crippen MR) is 65.5 cm³/mol. The molecule has 0 saturated heterocycles. The molecular formula is C13H20FNO2. The zero-order chi connectivity index (χ0) is 12.8. The van der Waals surface area contributed by atoms with Gasteiger partial charge in [-0.15, -0.1) is 0 Å². The van der Waals surface area contributed by atoms with E-state index in [-0.39, 0.29) is 11.8 Å². The lowest BCUT2D eigenvalue weighted by molar-refractivity contribution is 0.0975. The molecule has 0 aliphatic rings. The zero-order valence-corrected chi connectivity index (χ0v) is 10.6. The van der Waals surface area contributed by atoms with Gasteiger partial charge in [0.15, 0.2) is 11.6 Å². The number of phenols is 1. The van der Waals surface area contributed by atoms with Gasteiger partial charge in [0.25, 0.3) is 0 Å². The minimum absolute atomic E-state index is 0.229. The molecule has 1 atom stereocenters. The fraction of sp³-hybridized carbons (Fsp3) is 0.538. The molecule has 96 valence electrons. The van der Waals surface area contributed by atoms with Gasteiger partial charge in [0, 0.05) is 25.3 Å². The van der Waals surface area contributed by atoms with Gasteiger partial charge in [0.1, 0.15) is 0 Å². The lowest BCUT2D eigenvalue weighted by atomic mass is 10.1. The van der Waals surface area contributed by atoms with Gasteiger partial charge in [0.2, 0.25) is 0 Å². The third kappa shape index (κ3) is 3.68. The number of hydrogen-bond donors (Lipinski definition) is 1. The molecule has 0 heterocycles. The molecular weight excluding hydrogens is 221 g/mol. The van der Waals surface area contributed by atoms with E-state index in [9.17, 15) is 9.50 Å². The van der Waals surface area contributed by atoms with Crippen LogP contribution < -0.4 is 0 Å². The van der Waals surface area contributed by atoms with Crippen molar-refractivity contribution < 1.29 is 14.2 Å². The normalized spacial score (nSPS) is 13.0. The van der Waals surface area contributed by atoms with E-state index in [0.717, 1.165) is 6.54 Å². The van der Waals surface area contributed by atoms with Crippen molar-refractivity contribution in [3.8, 4) is 5.75 Å². The minimum atomic E-state index is -0.571. The molecule has 0 aromatic heterocycles. The summed E-state index contributed by atoms with van der Waals surface area (Å²) in [6, 6.07) is 4.83. The van der Waals surface area contributed by atoms with Crippen LogP contribution in [-0.4, -0.2) is 36.3 Å². The van der Waals surface area contributed by atoms with Crippen LogP contribution in [0.2, 0.25) is 0 Å². The third-order valence-electron chi connectivity index (χ3n) is 2.88. The summed E-state index contributed by atoms with van der Waals surface area (Å²) in [7, 11) is 1.66. The molecule has 1 rings (SSSR count). The second-order valence-electron chi connectivity index (χ2n) is 4.12. The lowest BCUT2D eigenvalue weighted by Gasteiger charge is -2.27. The summed E-state index contributed by atoms with van der Waals surface area (Å²) in [6.45, 7) is 6.03. The molecule has 0 saturated carbocycles. The summed E-state index contributed by atoms with van der Waals surface area (Å²) >= 11 is 0. The average Bonchev–Trinajstić information content (AvgIpc) is 2.31. The first-order valence-electron chi connectivity index (χ1n) is 5.79. The average molecular weight is 241 g/mol. The molecule has 4 heteroatoms. The van der Waals surface area contributed by atoms with Crippen molar-refractivity contribution in [2.75, 3.05) is 20.3 Å². The molecule has 17 heavy (non-hydrogen) atoms. The lowest BCUT2D eigenvalue weighted by Crippen LogP contribution is -2.35. The van der Waals surface area contributed by atoms with E-state index in [1.165, 1.54) is 6.07 Å². The first-order valence-corrected chi connectivity index (χ1v) is 5.79. The molecule has 0 bridgehead atoms. The number of para-hydroxylation sites is 1. The van der Waals surface area contributed by atoms with Gasteiger partial charge in [-0.2, -0.15) is 0 Å². The van der Waals surface area contributed by atoms with Crippen LogP contribution in [0.4, 0.5) is 4.39 Å². The van der Waals surface area contributed by atoms with Gasteiger partial charge in [-0.1, -0.05) is 19.1 Å². The maximum Gasteiger partial charge on any atom is 0.165 e. The summed E-state index contributed by atoms with van der Waals surface area (Å²) in [5, 5.41) is 9.62. The Kier molecular flexibility index (Phi) is 5.38. The highest BCUT2D eigenvalue weighted by Crippen LogP contribution is 2.22. The Morgan fingerprint density at radius 1 is 1.47 bits per heavy atom. The summed E-state index contributed by atoms with van der Waals surface area (Å²) in [6.07, 6.45) is 0. The summed E-state index contributed by atoms with van der Waals surface area (Å²) in [5.41, 5.74) is 0.606. The number of rotatable bonds is 6. The van der Waals surface area contributed by atoms with Gasteiger partial charge in [-0.25, -0.2) is 4.39 Å². The van der Waals surface area contributed by atoms with Crippen LogP contribution in [-0.2, 0) is 11.3 Å². The molecule has 0 fully saturated rings. The van der Waals surface area contributed by atoms with Crippen LogP contribution in [0.25, 0.3) is 0 Å². The molecule has 1 aromatic carbocycles. The number of hydrogen-bond acceptors (Lipinski definition) is 3. The Morgan fingerprint density at radius 3 is 2.76 bits per heavy atom. The highest BCUT2D eigenvalue weighted by molar-refractivity contribution is 5.33. The van der Waals surface area contributed by atoms with Crippen molar-refractivity contribution in [2.45, 2.75) is 26.4 Å². The Bertz CT molecular complexity index is 357. The number of methoxy groups -OCH3 is 1. The van der Waals surface area contributed by atoms with Gasteiger partial charge < -0.3 is 9.84 Å². The van der Waals surface area contributed by atoms with Crippen molar-refractivity contribution >= 4 is 0 Å². The summed E-state index contributed by atoms with van der Waals surface area (Å²) in [4.78, 5) is 2.12. The largest absolute Gasteiger partial charge is 0.505 e. The molecule has 0 aliphatic carbocycles. The van der Waals surface area contributed by atoms with E-state index in [0.29, 0.717) is 18.7 Å². The van der Waals surface area contributed by atoms with E-state index in [1.54, 1.807) is 19.2 Å². The highest BCUT2D eigenvalue weighted by atomic mass is 19.1. The minimum Gasteiger partial charge on any atom is -0.505 e. The fourth-order valence-electron chi connectivity index (χ4n) is 1.83. The molecule has 1 unspecified atom stereocenters. The second-order valence-corrected chi connectivity index (χ2v) is 4.12. The van der Waals surface area contributed by atoms with E-state index in [1.807, 2.05) is 13.8 Å². The van der Waals surface area contributed by atoms with E-state index in [4.69, 9.17) is 4.74 Å². The predicted octanol–water partition coefficient (Wildman–Crippen LogP) is 2.39. The third-order valence-corrected chi connectivity index (χ3v) is 2.88. The monoisotopic (exact) mass is 241 g/mol. The first kappa shape index (κ1) is 13.9. The van der Waals surface area contributed by atoms with Crippen LogP contribution >= 0.6 is 0 Å². The van der Waals surface area contributed by atoms with Crippen molar-refractivity contribution in [3.63, 3.8) is 0 Å². The number of ether oxygens (including phenoxy) is 1. The SMILES string of the molecule is CCN(Cc1cccc(F)c1O)C(C)COC. The number of aromatic hydroxyl groups is 1. The second kappa shape index (κ2) is 6.57. The smallest absolute Gasteiger partial charge is 0.165 e. The van der Waals surface area contributed by atoms with Gasteiger partial charge >= 0.3 is 0 Å². The number of nitrogens with zero attached hydrogens (tertiary/aromatic N) is 1. The van der Waals surface area contributed by atoms with Crippen LogP contribution in [0.3, 0.4) is 0 Å². The van der Waals surface area contributed by atoms with Crippen molar-refractivity contribution in [3.05, 3.63) is 29.6 Å². The van der Waals surface area contributed by atoms with Crippen LogP contribution in [0.15, 0.2) is 18.2 Å². The van der Waals surface area contributed by atoms with Crippen molar-refractivity contribution in [1.82, 2.24) is 4.90 Å². The number of benzene rings is 1. The quantitative estimate of drug-likeness (QED) is 0.830. The van der Waals surface area contributed by atoms with Gasteiger partial charge in [0.05, 0.1) is 6.61 Å². The first-order chi connectivity index (χ1) is 8.10. The Balaban J connectivity index is 2.77.